The topological polar surface area (TPSA) is 39.4 Å². The maximum atomic E-state index is 12.7. The van der Waals surface area contributed by atoms with E-state index in [4.69, 9.17) is 9.15 Å². The van der Waals surface area contributed by atoms with Gasteiger partial charge in [0.05, 0.1) is 17.1 Å². The van der Waals surface area contributed by atoms with E-state index in [0.717, 1.165) is 5.56 Å². The quantitative estimate of drug-likeness (QED) is 0.660. The van der Waals surface area contributed by atoms with Gasteiger partial charge in [0, 0.05) is 0 Å². The molecule has 0 unspecified atom stereocenters. The van der Waals surface area contributed by atoms with Crippen LogP contribution in [0.1, 0.15) is 13.8 Å². The molecule has 1 aromatic heterocycles. The van der Waals surface area contributed by atoms with E-state index in [1.54, 1.807) is 12.1 Å². The van der Waals surface area contributed by atoms with Gasteiger partial charge >= 0.3 is 0 Å². The van der Waals surface area contributed by atoms with Crippen LogP contribution in [0.4, 0.5) is 0 Å². The minimum absolute atomic E-state index is 0.0454. The second-order valence-electron chi connectivity index (χ2n) is 5.27. The highest BCUT2D eigenvalue weighted by molar-refractivity contribution is 9.10. The largest absolute Gasteiger partial charge is 0.490 e. The highest BCUT2D eigenvalue weighted by Gasteiger charge is 2.14. The predicted octanol–water partition coefficient (Wildman–Crippen LogP) is 5.01. The maximum absolute atomic E-state index is 12.7. The third-order valence-electron chi connectivity index (χ3n) is 3.29. The van der Waals surface area contributed by atoms with Crippen molar-refractivity contribution in [2.24, 2.45) is 0 Å². The molecule has 0 N–H and O–H groups in total. The third kappa shape index (κ3) is 2.66. The molecule has 4 heteroatoms. The Morgan fingerprint density at radius 1 is 1.09 bits per heavy atom. The molecule has 0 bridgehead atoms. The molecule has 0 aliphatic rings. The van der Waals surface area contributed by atoms with Gasteiger partial charge in [-0.1, -0.05) is 30.3 Å². The van der Waals surface area contributed by atoms with Gasteiger partial charge in [0.1, 0.15) is 16.5 Å². The number of benzene rings is 2. The Hall–Kier alpha value is -2.07. The predicted molar refractivity (Wildman–Crippen MR) is 91.4 cm³/mol. The molecule has 0 saturated carbocycles. The Bertz CT molecular complexity index is 867. The van der Waals surface area contributed by atoms with Gasteiger partial charge in [-0.2, -0.15) is 0 Å². The fraction of sp³-hybridized carbons (Fsp3) is 0.167. The van der Waals surface area contributed by atoms with E-state index in [9.17, 15) is 4.79 Å². The summed E-state index contributed by atoms with van der Waals surface area (Å²) in [5.41, 5.74) is 1.85. The van der Waals surface area contributed by atoms with Crippen LogP contribution in [0.5, 0.6) is 5.75 Å². The standard InChI is InChI=1S/C18H15BrO3/c1-11(2)22-15-9-8-13-17(20)14(10-21-18(13)16(15)19)12-6-4-3-5-7-12/h3-11H,1-2H3. The summed E-state index contributed by atoms with van der Waals surface area (Å²) in [6.45, 7) is 3.90. The SMILES string of the molecule is CC(C)Oc1ccc2c(=O)c(-c3ccccc3)coc2c1Br. The molecule has 0 radical (unpaired) electrons. The van der Waals surface area contributed by atoms with E-state index in [-0.39, 0.29) is 11.5 Å². The molecule has 0 amide bonds. The van der Waals surface area contributed by atoms with Gasteiger partial charge < -0.3 is 9.15 Å². The Morgan fingerprint density at radius 3 is 2.50 bits per heavy atom. The normalized spacial score (nSPS) is 11.1. The monoisotopic (exact) mass is 358 g/mol. The molecule has 3 rings (SSSR count). The lowest BCUT2D eigenvalue weighted by molar-refractivity contribution is 0.241. The lowest BCUT2D eigenvalue weighted by Gasteiger charge is -2.12. The molecular weight excluding hydrogens is 344 g/mol. The molecule has 0 aliphatic carbocycles. The highest BCUT2D eigenvalue weighted by atomic mass is 79.9. The van der Waals surface area contributed by atoms with Crippen LogP contribution in [-0.4, -0.2) is 6.10 Å². The van der Waals surface area contributed by atoms with Gasteiger partial charge in [-0.3, -0.25) is 4.79 Å². The minimum Gasteiger partial charge on any atom is -0.490 e. The molecule has 0 saturated heterocycles. The van der Waals surface area contributed by atoms with E-state index in [0.29, 0.717) is 26.8 Å². The van der Waals surface area contributed by atoms with Crippen molar-refractivity contribution >= 4 is 26.9 Å². The summed E-state index contributed by atoms with van der Waals surface area (Å²) in [4.78, 5) is 12.7. The molecule has 0 spiro atoms. The van der Waals surface area contributed by atoms with Gasteiger partial charge in [-0.25, -0.2) is 0 Å². The van der Waals surface area contributed by atoms with Crippen molar-refractivity contribution in [3.63, 3.8) is 0 Å². The van der Waals surface area contributed by atoms with Crippen LogP contribution in [0.2, 0.25) is 0 Å². The van der Waals surface area contributed by atoms with Crippen molar-refractivity contribution in [1.29, 1.82) is 0 Å². The van der Waals surface area contributed by atoms with Crippen molar-refractivity contribution in [2.45, 2.75) is 20.0 Å². The Kier molecular flexibility index (Phi) is 4.03. The van der Waals surface area contributed by atoms with Crippen LogP contribution in [-0.2, 0) is 0 Å². The van der Waals surface area contributed by atoms with Gasteiger partial charge in [-0.05, 0) is 47.5 Å². The Balaban J connectivity index is 2.19. The van der Waals surface area contributed by atoms with Crippen LogP contribution in [0.15, 0.2) is 62.4 Å². The van der Waals surface area contributed by atoms with E-state index in [1.165, 1.54) is 6.26 Å². The number of ether oxygens (including phenoxy) is 1. The molecule has 112 valence electrons. The van der Waals surface area contributed by atoms with Gasteiger partial charge in [-0.15, -0.1) is 0 Å². The van der Waals surface area contributed by atoms with E-state index in [2.05, 4.69) is 15.9 Å². The summed E-state index contributed by atoms with van der Waals surface area (Å²) in [5.74, 6) is 0.665. The summed E-state index contributed by atoms with van der Waals surface area (Å²) in [6.07, 6.45) is 1.55. The summed E-state index contributed by atoms with van der Waals surface area (Å²) >= 11 is 3.47. The molecule has 2 aromatic carbocycles. The third-order valence-corrected chi connectivity index (χ3v) is 4.04. The Labute approximate surface area is 136 Å². The molecular formula is C18H15BrO3. The first-order chi connectivity index (χ1) is 10.6. The molecule has 0 atom stereocenters. The lowest BCUT2D eigenvalue weighted by Crippen LogP contribution is -2.08. The first kappa shape index (κ1) is 14.9. The van der Waals surface area contributed by atoms with Crippen molar-refractivity contribution < 1.29 is 9.15 Å². The number of fused-ring (bicyclic) bond motifs is 1. The average Bonchev–Trinajstić information content (AvgIpc) is 2.51. The van der Waals surface area contributed by atoms with Crippen molar-refractivity contribution in [2.75, 3.05) is 0 Å². The zero-order chi connectivity index (χ0) is 15.7. The van der Waals surface area contributed by atoms with Crippen LogP contribution >= 0.6 is 15.9 Å². The van der Waals surface area contributed by atoms with Crippen molar-refractivity contribution in [1.82, 2.24) is 0 Å². The van der Waals surface area contributed by atoms with Crippen molar-refractivity contribution in [3.8, 4) is 16.9 Å². The van der Waals surface area contributed by atoms with Gasteiger partial charge in [0.15, 0.2) is 5.58 Å². The smallest absolute Gasteiger partial charge is 0.200 e. The number of rotatable bonds is 3. The fourth-order valence-electron chi connectivity index (χ4n) is 2.31. The molecule has 3 nitrogen and oxygen atoms in total. The van der Waals surface area contributed by atoms with E-state index in [1.807, 2.05) is 44.2 Å². The number of hydrogen-bond donors (Lipinski definition) is 0. The minimum atomic E-state index is -0.0516. The maximum Gasteiger partial charge on any atom is 0.200 e. The van der Waals surface area contributed by atoms with Gasteiger partial charge in [0.25, 0.3) is 0 Å². The fourth-order valence-corrected chi connectivity index (χ4v) is 2.84. The summed E-state index contributed by atoms with van der Waals surface area (Å²) in [7, 11) is 0. The first-order valence-electron chi connectivity index (χ1n) is 7.04. The van der Waals surface area contributed by atoms with Gasteiger partial charge in [0.2, 0.25) is 5.43 Å². The molecule has 22 heavy (non-hydrogen) atoms. The molecule has 1 heterocycles. The van der Waals surface area contributed by atoms with Crippen LogP contribution in [0, 0.1) is 0 Å². The molecule has 3 aromatic rings. The zero-order valence-corrected chi connectivity index (χ0v) is 13.9. The first-order valence-corrected chi connectivity index (χ1v) is 7.83. The van der Waals surface area contributed by atoms with Crippen molar-refractivity contribution in [3.05, 3.63) is 63.4 Å². The molecule has 0 fully saturated rings. The van der Waals surface area contributed by atoms with E-state index < -0.39 is 0 Å². The summed E-state index contributed by atoms with van der Waals surface area (Å²) < 4.78 is 12.1. The highest BCUT2D eigenvalue weighted by Crippen LogP contribution is 2.33. The average molecular weight is 359 g/mol. The van der Waals surface area contributed by atoms with Crippen LogP contribution in [0.25, 0.3) is 22.1 Å². The summed E-state index contributed by atoms with van der Waals surface area (Å²) in [6, 6.07) is 13.0. The second kappa shape index (κ2) is 5.97. The molecule has 0 aliphatic heterocycles. The van der Waals surface area contributed by atoms with Crippen LogP contribution < -0.4 is 10.2 Å². The van der Waals surface area contributed by atoms with Crippen LogP contribution in [0.3, 0.4) is 0 Å². The second-order valence-corrected chi connectivity index (χ2v) is 6.06. The lowest BCUT2D eigenvalue weighted by atomic mass is 10.1. The number of halogens is 1. The van der Waals surface area contributed by atoms with E-state index >= 15 is 0 Å². The number of hydrogen-bond acceptors (Lipinski definition) is 3. The summed E-state index contributed by atoms with van der Waals surface area (Å²) in [5, 5.41) is 0.532. The zero-order valence-electron chi connectivity index (χ0n) is 12.3. The Morgan fingerprint density at radius 2 is 1.82 bits per heavy atom.